The third kappa shape index (κ3) is 4.18. The summed E-state index contributed by atoms with van der Waals surface area (Å²) in [6.07, 6.45) is 5.37. The number of esters is 1. The molecule has 4 nitrogen and oxygen atoms in total. The van der Waals surface area contributed by atoms with Gasteiger partial charge in [0.15, 0.2) is 0 Å². The molecule has 2 aliphatic rings. The molecule has 2 atom stereocenters. The van der Waals surface area contributed by atoms with E-state index in [4.69, 9.17) is 4.74 Å². The van der Waals surface area contributed by atoms with Crippen LogP contribution in [0.15, 0.2) is 0 Å². The quantitative estimate of drug-likeness (QED) is 0.711. The van der Waals surface area contributed by atoms with Crippen LogP contribution < -0.4 is 0 Å². The molecule has 0 aromatic heterocycles. The molecule has 2 fully saturated rings. The highest BCUT2D eigenvalue weighted by Crippen LogP contribution is 2.21. The Kier molecular flexibility index (Phi) is 5.64. The monoisotopic (exact) mass is 268 g/mol. The topological polar surface area (TPSA) is 32.8 Å². The van der Waals surface area contributed by atoms with Crippen LogP contribution in [0, 0.1) is 5.92 Å². The molecule has 0 amide bonds. The van der Waals surface area contributed by atoms with Crippen molar-refractivity contribution < 1.29 is 9.53 Å². The van der Waals surface area contributed by atoms with Gasteiger partial charge in [0.05, 0.1) is 12.5 Å². The Hall–Kier alpha value is -0.610. The van der Waals surface area contributed by atoms with E-state index in [1.165, 1.54) is 38.8 Å². The van der Waals surface area contributed by atoms with E-state index < -0.39 is 0 Å². The average Bonchev–Trinajstić information content (AvgIpc) is 2.88. The zero-order chi connectivity index (χ0) is 13.7. The number of likely N-dealkylation sites (tertiary alicyclic amines) is 2. The van der Waals surface area contributed by atoms with Crippen LogP contribution in [-0.2, 0) is 9.53 Å². The molecular formula is C15H28N2O2. The molecule has 19 heavy (non-hydrogen) atoms. The van der Waals surface area contributed by atoms with Crippen molar-refractivity contribution in [1.82, 2.24) is 9.80 Å². The summed E-state index contributed by atoms with van der Waals surface area (Å²) in [5.41, 5.74) is 0. The van der Waals surface area contributed by atoms with Crippen molar-refractivity contribution in [2.24, 2.45) is 5.92 Å². The first-order valence-corrected chi connectivity index (χ1v) is 7.83. The van der Waals surface area contributed by atoms with Crippen molar-refractivity contribution in [3.05, 3.63) is 0 Å². The van der Waals surface area contributed by atoms with Gasteiger partial charge < -0.3 is 9.64 Å². The summed E-state index contributed by atoms with van der Waals surface area (Å²) in [6.45, 7) is 9.98. The van der Waals surface area contributed by atoms with Crippen molar-refractivity contribution in [2.45, 2.75) is 45.6 Å². The molecule has 2 unspecified atom stereocenters. The predicted octanol–water partition coefficient (Wildman–Crippen LogP) is 1.75. The van der Waals surface area contributed by atoms with Gasteiger partial charge in [0.2, 0.25) is 0 Å². The SMILES string of the molecule is CCOC(=O)C(C)CN1CCC(N2CCCCC2)C1. The first-order valence-electron chi connectivity index (χ1n) is 7.83. The molecule has 0 aromatic carbocycles. The number of nitrogens with zero attached hydrogens (tertiary/aromatic N) is 2. The second-order valence-corrected chi connectivity index (χ2v) is 5.95. The maximum absolute atomic E-state index is 11.7. The van der Waals surface area contributed by atoms with Crippen LogP contribution in [0.2, 0.25) is 0 Å². The first kappa shape index (κ1) is 14.8. The number of hydrogen-bond acceptors (Lipinski definition) is 4. The summed E-state index contributed by atoms with van der Waals surface area (Å²) < 4.78 is 5.08. The van der Waals surface area contributed by atoms with Gasteiger partial charge in [-0.1, -0.05) is 13.3 Å². The van der Waals surface area contributed by atoms with E-state index in [2.05, 4.69) is 9.80 Å². The molecule has 0 N–H and O–H groups in total. The van der Waals surface area contributed by atoms with E-state index >= 15 is 0 Å². The normalized spacial score (nSPS) is 27.4. The van der Waals surface area contributed by atoms with Crippen molar-refractivity contribution in [3.8, 4) is 0 Å². The molecule has 4 heteroatoms. The van der Waals surface area contributed by atoms with E-state index in [1.807, 2.05) is 13.8 Å². The van der Waals surface area contributed by atoms with Crippen molar-refractivity contribution in [2.75, 3.05) is 39.3 Å². The minimum Gasteiger partial charge on any atom is -0.466 e. The largest absolute Gasteiger partial charge is 0.466 e. The molecule has 2 saturated heterocycles. The first-order chi connectivity index (χ1) is 9.20. The second-order valence-electron chi connectivity index (χ2n) is 5.95. The Morgan fingerprint density at radius 1 is 1.26 bits per heavy atom. The Balaban J connectivity index is 1.73. The van der Waals surface area contributed by atoms with Gasteiger partial charge in [-0.25, -0.2) is 0 Å². The summed E-state index contributed by atoms with van der Waals surface area (Å²) in [5, 5.41) is 0. The number of carbonyl (C=O) groups excluding carboxylic acids is 1. The Labute approximate surface area is 117 Å². The summed E-state index contributed by atoms with van der Waals surface area (Å²) in [7, 11) is 0. The van der Waals surface area contributed by atoms with E-state index in [0.29, 0.717) is 6.61 Å². The molecule has 2 aliphatic heterocycles. The summed E-state index contributed by atoms with van der Waals surface area (Å²) in [5.74, 6) is -0.0519. The Bertz CT molecular complexity index is 290. The molecule has 110 valence electrons. The lowest BCUT2D eigenvalue weighted by atomic mass is 10.1. The van der Waals surface area contributed by atoms with Crippen LogP contribution in [0.25, 0.3) is 0 Å². The lowest BCUT2D eigenvalue weighted by Gasteiger charge is -2.32. The molecule has 2 heterocycles. The van der Waals surface area contributed by atoms with Gasteiger partial charge in [-0.2, -0.15) is 0 Å². The van der Waals surface area contributed by atoms with Gasteiger partial charge in [-0.15, -0.1) is 0 Å². The molecule has 0 bridgehead atoms. The fourth-order valence-electron chi connectivity index (χ4n) is 3.31. The number of hydrogen-bond donors (Lipinski definition) is 0. The lowest BCUT2D eigenvalue weighted by molar-refractivity contribution is -0.147. The summed E-state index contributed by atoms with van der Waals surface area (Å²) in [4.78, 5) is 16.7. The number of carbonyl (C=O) groups is 1. The van der Waals surface area contributed by atoms with Crippen LogP contribution in [0.1, 0.15) is 39.5 Å². The Morgan fingerprint density at radius 2 is 2.00 bits per heavy atom. The number of rotatable bonds is 5. The predicted molar refractivity (Wildman–Crippen MR) is 76.1 cm³/mol. The van der Waals surface area contributed by atoms with Crippen LogP contribution in [-0.4, -0.2) is 61.1 Å². The van der Waals surface area contributed by atoms with Crippen LogP contribution in [0.5, 0.6) is 0 Å². The molecule has 0 radical (unpaired) electrons. The van der Waals surface area contributed by atoms with Gasteiger partial charge in [-0.05, 0) is 45.8 Å². The highest BCUT2D eigenvalue weighted by molar-refractivity contribution is 5.72. The third-order valence-corrected chi connectivity index (χ3v) is 4.38. The van der Waals surface area contributed by atoms with E-state index in [9.17, 15) is 4.79 Å². The minimum absolute atomic E-state index is 0.0000517. The molecular weight excluding hydrogens is 240 g/mol. The van der Waals surface area contributed by atoms with Crippen molar-refractivity contribution in [1.29, 1.82) is 0 Å². The molecule has 0 aromatic rings. The molecule has 0 saturated carbocycles. The lowest BCUT2D eigenvalue weighted by Crippen LogP contribution is -2.41. The average molecular weight is 268 g/mol. The van der Waals surface area contributed by atoms with Crippen LogP contribution >= 0.6 is 0 Å². The maximum Gasteiger partial charge on any atom is 0.309 e. The van der Waals surface area contributed by atoms with Gasteiger partial charge >= 0.3 is 5.97 Å². The fourth-order valence-corrected chi connectivity index (χ4v) is 3.31. The van der Waals surface area contributed by atoms with E-state index in [1.54, 1.807) is 0 Å². The number of ether oxygens (including phenoxy) is 1. The summed E-state index contributed by atoms with van der Waals surface area (Å²) >= 11 is 0. The third-order valence-electron chi connectivity index (χ3n) is 4.38. The zero-order valence-corrected chi connectivity index (χ0v) is 12.4. The standard InChI is InChI=1S/C15H28N2O2/c1-3-19-15(18)13(2)11-16-10-7-14(12-16)17-8-5-4-6-9-17/h13-14H,3-12H2,1-2H3. The molecule has 0 aliphatic carbocycles. The van der Waals surface area contributed by atoms with Gasteiger partial charge in [0, 0.05) is 19.1 Å². The van der Waals surface area contributed by atoms with Crippen molar-refractivity contribution in [3.63, 3.8) is 0 Å². The van der Waals surface area contributed by atoms with Crippen LogP contribution in [0.3, 0.4) is 0 Å². The second kappa shape index (κ2) is 7.25. The van der Waals surface area contributed by atoms with Gasteiger partial charge in [0.25, 0.3) is 0 Å². The highest BCUT2D eigenvalue weighted by atomic mass is 16.5. The molecule has 0 spiro atoms. The Morgan fingerprint density at radius 3 is 2.68 bits per heavy atom. The van der Waals surface area contributed by atoms with Crippen LogP contribution in [0.4, 0.5) is 0 Å². The van der Waals surface area contributed by atoms with E-state index in [0.717, 1.165) is 25.7 Å². The highest BCUT2D eigenvalue weighted by Gasteiger charge is 2.30. The van der Waals surface area contributed by atoms with Gasteiger partial charge in [0.1, 0.15) is 0 Å². The smallest absolute Gasteiger partial charge is 0.309 e. The summed E-state index contributed by atoms with van der Waals surface area (Å²) in [6, 6.07) is 0.717. The zero-order valence-electron chi connectivity index (χ0n) is 12.4. The van der Waals surface area contributed by atoms with Crippen molar-refractivity contribution >= 4 is 5.97 Å². The fraction of sp³-hybridized carbons (Fsp3) is 0.933. The maximum atomic E-state index is 11.7. The van der Waals surface area contributed by atoms with E-state index in [-0.39, 0.29) is 11.9 Å². The van der Waals surface area contributed by atoms with Gasteiger partial charge in [-0.3, -0.25) is 9.69 Å². The number of piperidine rings is 1. The molecule has 2 rings (SSSR count). The minimum atomic E-state index is -0.0519.